The number of carbonyl (C=O) groups is 2. The Morgan fingerprint density at radius 3 is 1.92 bits per heavy atom. The first-order chi connectivity index (χ1) is 17.5. The van der Waals surface area contributed by atoms with Gasteiger partial charge in [0.2, 0.25) is 5.91 Å². The minimum Gasteiger partial charge on any atom is -0.444 e. The Balaban J connectivity index is 1.62. The van der Waals surface area contributed by atoms with Crippen molar-refractivity contribution >= 4 is 21.8 Å². The van der Waals surface area contributed by atoms with Crippen molar-refractivity contribution in [1.29, 1.82) is 0 Å². The van der Waals surface area contributed by atoms with Crippen LogP contribution in [0.2, 0.25) is 0 Å². The normalized spacial score (nSPS) is 20.6. The van der Waals surface area contributed by atoms with Crippen LogP contribution in [0.15, 0.2) is 60.7 Å². The summed E-state index contributed by atoms with van der Waals surface area (Å²) in [6.45, 7) is 7.35. The van der Waals surface area contributed by atoms with Gasteiger partial charge in [0.05, 0.1) is 17.5 Å². The predicted octanol–water partition coefficient (Wildman–Crippen LogP) is 3.34. The Labute approximate surface area is 220 Å². The molecule has 1 atom stereocenters. The largest absolute Gasteiger partial charge is 0.444 e. The number of benzene rings is 2. The molecule has 2 aromatic carbocycles. The lowest BCUT2D eigenvalue weighted by molar-refractivity contribution is -0.133. The van der Waals surface area contributed by atoms with Gasteiger partial charge in [-0.1, -0.05) is 60.7 Å². The van der Waals surface area contributed by atoms with Crippen molar-refractivity contribution < 1.29 is 22.7 Å². The molecule has 2 saturated heterocycles. The van der Waals surface area contributed by atoms with Crippen LogP contribution in [-0.4, -0.2) is 91.0 Å². The lowest BCUT2D eigenvalue weighted by Crippen LogP contribution is -2.58. The van der Waals surface area contributed by atoms with E-state index in [4.69, 9.17) is 4.74 Å². The zero-order valence-corrected chi connectivity index (χ0v) is 22.7. The van der Waals surface area contributed by atoms with E-state index >= 15 is 0 Å². The second kappa shape index (κ2) is 11.2. The van der Waals surface area contributed by atoms with Gasteiger partial charge in [-0.25, -0.2) is 13.2 Å². The van der Waals surface area contributed by atoms with Crippen molar-refractivity contribution in [2.24, 2.45) is 0 Å². The molecule has 2 heterocycles. The number of hydrogen-bond donors (Lipinski definition) is 0. The number of nitrogens with zero attached hydrogens (tertiary/aromatic N) is 3. The highest BCUT2D eigenvalue weighted by atomic mass is 32.2. The van der Waals surface area contributed by atoms with E-state index in [0.717, 1.165) is 11.1 Å². The van der Waals surface area contributed by atoms with Gasteiger partial charge < -0.3 is 14.5 Å². The van der Waals surface area contributed by atoms with Crippen LogP contribution < -0.4 is 0 Å². The number of rotatable bonds is 5. The van der Waals surface area contributed by atoms with Gasteiger partial charge in [-0.15, -0.1) is 0 Å². The van der Waals surface area contributed by atoms with Crippen molar-refractivity contribution in [1.82, 2.24) is 14.7 Å². The van der Waals surface area contributed by atoms with Gasteiger partial charge in [-0.2, -0.15) is 0 Å². The maximum Gasteiger partial charge on any atom is 0.410 e. The fourth-order valence-electron chi connectivity index (χ4n) is 5.02. The Bertz CT molecular complexity index is 1130. The summed E-state index contributed by atoms with van der Waals surface area (Å²) >= 11 is 0. The van der Waals surface area contributed by atoms with Crippen LogP contribution in [0, 0.1) is 0 Å². The summed E-state index contributed by atoms with van der Waals surface area (Å²) in [5, 5.41) is 0. The monoisotopic (exact) mass is 527 g/mol. The lowest BCUT2D eigenvalue weighted by atomic mass is 9.93. The summed E-state index contributed by atoms with van der Waals surface area (Å²) in [5.74, 6) is -0.0995. The van der Waals surface area contributed by atoms with Crippen LogP contribution >= 0.6 is 0 Å². The summed E-state index contributed by atoms with van der Waals surface area (Å²) < 4.78 is 29.4. The highest BCUT2D eigenvalue weighted by Crippen LogP contribution is 2.33. The topological polar surface area (TPSA) is 87.2 Å². The predicted molar refractivity (Wildman–Crippen MR) is 143 cm³/mol. The molecule has 0 aliphatic carbocycles. The van der Waals surface area contributed by atoms with Gasteiger partial charge in [0.15, 0.2) is 9.84 Å². The second-order valence-corrected chi connectivity index (χ2v) is 13.1. The minimum atomic E-state index is -3.09. The number of carbonyl (C=O) groups excluding carboxylic acids is 2. The molecule has 2 aliphatic heterocycles. The van der Waals surface area contributed by atoms with Crippen LogP contribution in [-0.2, 0) is 19.4 Å². The standard InChI is InChI=1S/C28H37N3O5S/c1-28(2,3)36-27(33)30-14-15-31(24(21-30)20-25(32)29-16-18-37(34,35)19-17-29)26(22-10-6-4-7-11-22)23-12-8-5-9-13-23/h4-13,24,26H,14-21H2,1-3H3/t24-/m1/s1. The molecule has 2 amide bonds. The lowest BCUT2D eigenvalue weighted by Gasteiger charge is -2.46. The third-order valence-electron chi connectivity index (χ3n) is 6.85. The van der Waals surface area contributed by atoms with E-state index in [1.807, 2.05) is 57.2 Å². The van der Waals surface area contributed by atoms with E-state index < -0.39 is 15.4 Å². The average Bonchev–Trinajstić information content (AvgIpc) is 2.85. The molecule has 9 heteroatoms. The van der Waals surface area contributed by atoms with E-state index in [-0.39, 0.29) is 55.1 Å². The fraction of sp³-hybridized carbons (Fsp3) is 0.500. The molecular weight excluding hydrogens is 490 g/mol. The van der Waals surface area contributed by atoms with Crippen molar-refractivity contribution in [2.75, 3.05) is 44.2 Å². The van der Waals surface area contributed by atoms with Gasteiger partial charge in [0.1, 0.15) is 5.60 Å². The highest BCUT2D eigenvalue weighted by molar-refractivity contribution is 7.91. The Morgan fingerprint density at radius 2 is 1.41 bits per heavy atom. The molecule has 2 aliphatic rings. The molecule has 2 fully saturated rings. The van der Waals surface area contributed by atoms with Crippen LogP contribution in [0.5, 0.6) is 0 Å². The first-order valence-electron chi connectivity index (χ1n) is 12.8. The maximum atomic E-state index is 13.4. The van der Waals surface area contributed by atoms with Crippen LogP contribution in [0.3, 0.4) is 0 Å². The van der Waals surface area contributed by atoms with E-state index in [0.29, 0.717) is 19.6 Å². The minimum absolute atomic E-state index is 0.00614. The first-order valence-corrected chi connectivity index (χ1v) is 14.7. The van der Waals surface area contributed by atoms with Gasteiger partial charge in [-0.3, -0.25) is 9.69 Å². The average molecular weight is 528 g/mol. The maximum absolute atomic E-state index is 13.4. The molecule has 0 radical (unpaired) electrons. The molecule has 2 aromatic rings. The zero-order valence-electron chi connectivity index (χ0n) is 21.9. The molecule has 0 unspecified atom stereocenters. The van der Waals surface area contributed by atoms with Crippen molar-refractivity contribution in [2.45, 2.75) is 44.9 Å². The van der Waals surface area contributed by atoms with Crippen LogP contribution in [0.25, 0.3) is 0 Å². The van der Waals surface area contributed by atoms with Gasteiger partial charge in [-0.05, 0) is 31.9 Å². The van der Waals surface area contributed by atoms with E-state index in [9.17, 15) is 18.0 Å². The van der Waals surface area contributed by atoms with Gasteiger partial charge in [0.25, 0.3) is 0 Å². The van der Waals surface area contributed by atoms with E-state index in [1.54, 1.807) is 9.80 Å². The Hall–Kier alpha value is -2.91. The van der Waals surface area contributed by atoms with Crippen LogP contribution in [0.1, 0.15) is 44.4 Å². The van der Waals surface area contributed by atoms with E-state index in [1.165, 1.54) is 0 Å². The highest BCUT2D eigenvalue weighted by Gasteiger charge is 2.38. The molecule has 0 spiro atoms. The number of sulfone groups is 1. The van der Waals surface area contributed by atoms with E-state index in [2.05, 4.69) is 29.2 Å². The number of ether oxygens (including phenoxy) is 1. The number of hydrogen-bond acceptors (Lipinski definition) is 6. The summed E-state index contributed by atoms with van der Waals surface area (Å²) in [7, 11) is -3.09. The number of amides is 2. The van der Waals surface area contributed by atoms with Crippen molar-refractivity contribution in [3.8, 4) is 0 Å². The summed E-state index contributed by atoms with van der Waals surface area (Å²) in [6.07, 6.45) is -0.195. The van der Waals surface area contributed by atoms with Gasteiger partial charge >= 0.3 is 6.09 Å². The summed E-state index contributed by atoms with van der Waals surface area (Å²) in [4.78, 5) is 32.0. The molecule has 8 nitrogen and oxygen atoms in total. The van der Waals surface area contributed by atoms with Crippen molar-refractivity contribution in [3.63, 3.8) is 0 Å². The molecule has 4 rings (SSSR count). The molecule has 0 bridgehead atoms. The third kappa shape index (κ3) is 7.11. The zero-order chi connectivity index (χ0) is 26.6. The first kappa shape index (κ1) is 27.1. The smallest absolute Gasteiger partial charge is 0.410 e. The molecular formula is C28H37N3O5S. The summed E-state index contributed by atoms with van der Waals surface area (Å²) in [5.41, 5.74) is 1.61. The summed E-state index contributed by atoms with van der Waals surface area (Å²) in [6, 6.07) is 20.0. The molecule has 0 aromatic heterocycles. The molecule has 0 saturated carbocycles. The van der Waals surface area contributed by atoms with Gasteiger partial charge in [0, 0.05) is 45.2 Å². The molecule has 0 N–H and O–H groups in total. The number of piperazine rings is 1. The Kier molecular flexibility index (Phi) is 8.23. The fourth-order valence-corrected chi connectivity index (χ4v) is 6.22. The SMILES string of the molecule is CC(C)(C)OC(=O)N1CCN(C(c2ccccc2)c2ccccc2)[C@H](CC(=O)N2CCS(=O)(=O)CC2)C1. The van der Waals surface area contributed by atoms with Crippen LogP contribution in [0.4, 0.5) is 4.79 Å². The Morgan fingerprint density at radius 1 is 0.865 bits per heavy atom. The molecule has 37 heavy (non-hydrogen) atoms. The quantitative estimate of drug-likeness (QED) is 0.593. The van der Waals surface area contributed by atoms with Crippen molar-refractivity contribution in [3.05, 3.63) is 71.8 Å². The third-order valence-corrected chi connectivity index (χ3v) is 8.46. The second-order valence-electron chi connectivity index (χ2n) is 10.8. The molecule has 200 valence electrons.